The van der Waals surface area contributed by atoms with Crippen molar-refractivity contribution in [1.82, 2.24) is 5.32 Å². The minimum atomic E-state index is -1.41. The van der Waals surface area contributed by atoms with Crippen molar-refractivity contribution in [3.63, 3.8) is 0 Å². The molecular weight excluding hydrogens is 320 g/mol. The molecule has 0 fully saturated rings. The molecule has 1 amide bonds. The Labute approximate surface area is 138 Å². The predicted molar refractivity (Wildman–Crippen MR) is 84.0 cm³/mol. The Hall–Kier alpha value is -2.84. The van der Waals surface area contributed by atoms with E-state index in [4.69, 9.17) is 4.74 Å². The Balaban J connectivity index is 3.01. The number of phenolic OH excluding ortho intramolecular Hbond substituents is 1. The van der Waals surface area contributed by atoms with Crippen molar-refractivity contribution in [3.8, 4) is 5.75 Å². The zero-order valence-electron chi connectivity index (χ0n) is 13.8. The van der Waals surface area contributed by atoms with E-state index in [1.807, 2.05) is 0 Å². The fourth-order valence-electron chi connectivity index (χ4n) is 1.95. The molecule has 24 heavy (non-hydrogen) atoms. The number of ether oxygens (including phenoxy) is 1. The number of nitrogens with zero attached hydrogens (tertiary/aromatic N) is 1. The van der Waals surface area contributed by atoms with Crippen LogP contribution in [-0.2, 0) is 16.0 Å². The third-order valence-electron chi connectivity index (χ3n) is 3.01. The zero-order valence-corrected chi connectivity index (χ0v) is 13.8. The Kier molecular flexibility index (Phi) is 5.73. The molecule has 1 aromatic rings. The number of carboxylic acids is 1. The van der Waals surface area contributed by atoms with Crippen molar-refractivity contribution >= 4 is 17.7 Å². The predicted octanol–water partition coefficient (Wildman–Crippen LogP) is 2.13. The maximum atomic E-state index is 11.7. The third-order valence-corrected chi connectivity index (χ3v) is 3.01. The maximum Gasteiger partial charge on any atom is 0.408 e. The largest absolute Gasteiger partial charge is 0.508 e. The number of carboxylic acid groups (broad SMARTS) is 1. The molecule has 0 saturated carbocycles. The summed E-state index contributed by atoms with van der Waals surface area (Å²) in [6, 6.07) is 0.866. The number of nitro benzene ring substituents is 1. The highest BCUT2D eigenvalue weighted by atomic mass is 16.6. The number of carbonyl (C=O) groups excluding carboxylic acids is 1. The molecule has 1 unspecified atom stereocenters. The van der Waals surface area contributed by atoms with Gasteiger partial charge in [-0.2, -0.15) is 0 Å². The highest BCUT2D eigenvalue weighted by Crippen LogP contribution is 2.28. The van der Waals surface area contributed by atoms with Crippen LogP contribution < -0.4 is 5.32 Å². The van der Waals surface area contributed by atoms with Gasteiger partial charge < -0.3 is 20.3 Å². The molecule has 0 saturated heterocycles. The fourth-order valence-corrected chi connectivity index (χ4v) is 1.95. The second-order valence-electron chi connectivity index (χ2n) is 6.27. The molecule has 9 heteroatoms. The lowest BCUT2D eigenvalue weighted by molar-refractivity contribution is -0.385. The number of aliphatic carboxylic acids is 1. The molecule has 0 heterocycles. The molecule has 0 aliphatic carbocycles. The summed E-state index contributed by atoms with van der Waals surface area (Å²) in [5.74, 6) is -1.64. The van der Waals surface area contributed by atoms with E-state index in [1.165, 1.54) is 13.0 Å². The first-order valence-corrected chi connectivity index (χ1v) is 7.10. The van der Waals surface area contributed by atoms with Crippen LogP contribution in [0.25, 0.3) is 0 Å². The summed E-state index contributed by atoms with van der Waals surface area (Å²) < 4.78 is 4.98. The molecule has 0 spiro atoms. The summed E-state index contributed by atoms with van der Waals surface area (Å²) in [5.41, 5.74) is -0.772. The molecule has 132 valence electrons. The minimum absolute atomic E-state index is 0.0377. The van der Waals surface area contributed by atoms with Crippen LogP contribution in [0.5, 0.6) is 5.75 Å². The number of amides is 1. The zero-order chi connectivity index (χ0) is 18.7. The van der Waals surface area contributed by atoms with Gasteiger partial charge in [-0.15, -0.1) is 0 Å². The smallest absolute Gasteiger partial charge is 0.408 e. The molecule has 0 radical (unpaired) electrons. The van der Waals surface area contributed by atoms with Gasteiger partial charge in [0.25, 0.3) is 5.69 Å². The first-order chi connectivity index (χ1) is 10.9. The number of nitrogens with one attached hydrogen (secondary N) is 1. The average molecular weight is 340 g/mol. The molecule has 0 aliphatic heterocycles. The first-order valence-electron chi connectivity index (χ1n) is 7.10. The van der Waals surface area contributed by atoms with Gasteiger partial charge in [0, 0.05) is 23.6 Å². The van der Waals surface area contributed by atoms with Crippen LogP contribution in [0, 0.1) is 17.0 Å². The average Bonchev–Trinajstić information content (AvgIpc) is 2.37. The molecule has 1 rings (SSSR count). The summed E-state index contributed by atoms with van der Waals surface area (Å²) in [5, 5.41) is 32.2. The number of hydrogen-bond donors (Lipinski definition) is 3. The second kappa shape index (κ2) is 7.16. The number of rotatable bonds is 5. The van der Waals surface area contributed by atoms with Crippen LogP contribution in [0.1, 0.15) is 31.9 Å². The molecule has 0 aromatic heterocycles. The third kappa shape index (κ3) is 5.41. The van der Waals surface area contributed by atoms with E-state index in [-0.39, 0.29) is 29.0 Å². The first kappa shape index (κ1) is 19.2. The number of hydrogen-bond acceptors (Lipinski definition) is 6. The van der Waals surface area contributed by atoms with E-state index in [0.29, 0.717) is 0 Å². The summed E-state index contributed by atoms with van der Waals surface area (Å²) in [6.45, 7) is 6.32. The number of aryl methyl sites for hydroxylation is 1. The highest BCUT2D eigenvalue weighted by Gasteiger charge is 2.26. The van der Waals surface area contributed by atoms with E-state index in [9.17, 15) is 29.9 Å². The number of phenols is 1. The number of alkyl carbamates (subject to hydrolysis) is 1. The monoisotopic (exact) mass is 340 g/mol. The molecule has 0 aliphatic rings. The SMILES string of the molecule is Cc1cc(O)c(CC(NC(=O)OC(C)(C)C)C(=O)O)cc1[N+](=O)[O-]. The van der Waals surface area contributed by atoms with Crippen LogP contribution in [0.15, 0.2) is 12.1 Å². The van der Waals surface area contributed by atoms with E-state index < -0.39 is 28.6 Å². The lowest BCUT2D eigenvalue weighted by atomic mass is 10.0. The number of carbonyl (C=O) groups is 2. The Morgan fingerprint density at radius 2 is 1.96 bits per heavy atom. The van der Waals surface area contributed by atoms with E-state index in [1.54, 1.807) is 20.8 Å². The van der Waals surface area contributed by atoms with Gasteiger partial charge in [0.2, 0.25) is 0 Å². The van der Waals surface area contributed by atoms with Gasteiger partial charge in [-0.05, 0) is 33.8 Å². The van der Waals surface area contributed by atoms with Crippen molar-refractivity contribution in [1.29, 1.82) is 0 Å². The maximum absolute atomic E-state index is 11.7. The van der Waals surface area contributed by atoms with Gasteiger partial charge in [-0.3, -0.25) is 10.1 Å². The lowest BCUT2D eigenvalue weighted by Gasteiger charge is -2.22. The van der Waals surface area contributed by atoms with Gasteiger partial charge >= 0.3 is 12.1 Å². The highest BCUT2D eigenvalue weighted by molar-refractivity contribution is 5.80. The second-order valence-corrected chi connectivity index (χ2v) is 6.27. The molecule has 9 nitrogen and oxygen atoms in total. The topological polar surface area (TPSA) is 139 Å². The van der Waals surface area contributed by atoms with E-state index in [2.05, 4.69) is 5.32 Å². The molecule has 0 bridgehead atoms. The van der Waals surface area contributed by atoms with Crippen molar-refractivity contribution in [2.24, 2.45) is 0 Å². The standard InChI is InChI=1S/C15H20N2O7/c1-8-5-12(18)9(7-11(8)17(22)23)6-10(13(19)20)16-14(21)24-15(2,3)4/h5,7,10,18H,6H2,1-4H3,(H,16,21)(H,19,20). The van der Waals surface area contributed by atoms with Gasteiger partial charge in [-0.1, -0.05) is 0 Å². The van der Waals surface area contributed by atoms with Crippen molar-refractivity contribution < 1.29 is 29.5 Å². The number of aromatic hydroxyl groups is 1. The van der Waals surface area contributed by atoms with Crippen LogP contribution >= 0.6 is 0 Å². The van der Waals surface area contributed by atoms with E-state index >= 15 is 0 Å². The summed E-state index contributed by atoms with van der Waals surface area (Å²) in [6.07, 6.45) is -1.27. The van der Waals surface area contributed by atoms with Crippen molar-refractivity contribution in [2.75, 3.05) is 0 Å². The summed E-state index contributed by atoms with van der Waals surface area (Å²) in [4.78, 5) is 33.4. The van der Waals surface area contributed by atoms with E-state index in [0.717, 1.165) is 6.07 Å². The minimum Gasteiger partial charge on any atom is -0.508 e. The van der Waals surface area contributed by atoms with Crippen LogP contribution in [0.3, 0.4) is 0 Å². The van der Waals surface area contributed by atoms with Gasteiger partial charge in [0.15, 0.2) is 0 Å². The molecule has 1 aromatic carbocycles. The van der Waals surface area contributed by atoms with Crippen LogP contribution in [0.4, 0.5) is 10.5 Å². The summed E-state index contributed by atoms with van der Waals surface area (Å²) in [7, 11) is 0. The molecular formula is C15H20N2O7. The fraction of sp³-hybridized carbons (Fsp3) is 0.467. The van der Waals surface area contributed by atoms with Gasteiger partial charge in [0.05, 0.1) is 4.92 Å². The molecule has 1 atom stereocenters. The summed E-state index contributed by atoms with van der Waals surface area (Å²) >= 11 is 0. The quantitative estimate of drug-likeness (QED) is 0.551. The van der Waals surface area contributed by atoms with Gasteiger partial charge in [0.1, 0.15) is 17.4 Å². The Morgan fingerprint density at radius 3 is 2.42 bits per heavy atom. The Morgan fingerprint density at radius 1 is 1.38 bits per heavy atom. The normalized spacial score (nSPS) is 12.3. The van der Waals surface area contributed by atoms with Crippen LogP contribution in [0.2, 0.25) is 0 Å². The van der Waals surface area contributed by atoms with Crippen LogP contribution in [-0.4, -0.2) is 38.8 Å². The Bertz CT molecular complexity index is 665. The van der Waals surface area contributed by atoms with Gasteiger partial charge in [-0.25, -0.2) is 9.59 Å². The number of nitro groups is 1. The number of benzene rings is 1. The van der Waals surface area contributed by atoms with Crippen molar-refractivity contribution in [3.05, 3.63) is 33.4 Å². The lowest BCUT2D eigenvalue weighted by Crippen LogP contribution is -2.44. The van der Waals surface area contributed by atoms with Crippen molar-refractivity contribution in [2.45, 2.75) is 45.8 Å². The molecule has 3 N–H and O–H groups in total.